The molecule has 1 saturated heterocycles. The van der Waals surface area contributed by atoms with E-state index in [9.17, 15) is 19.5 Å². The highest BCUT2D eigenvalue weighted by Gasteiger charge is 2.54. The minimum absolute atomic E-state index is 0.0289. The number of hydrogen-bond acceptors (Lipinski definition) is 5. The van der Waals surface area contributed by atoms with Gasteiger partial charge >= 0.3 is 12.1 Å². The summed E-state index contributed by atoms with van der Waals surface area (Å²) in [7, 11) is 0. The van der Waals surface area contributed by atoms with Crippen molar-refractivity contribution in [3.05, 3.63) is 0 Å². The van der Waals surface area contributed by atoms with Crippen molar-refractivity contribution < 1.29 is 24.2 Å². The highest BCUT2D eigenvalue weighted by atomic mass is 16.6. The van der Waals surface area contributed by atoms with E-state index in [1.165, 1.54) is 4.90 Å². The van der Waals surface area contributed by atoms with Crippen LogP contribution in [0.4, 0.5) is 4.79 Å². The number of carbonyl (C=O) groups is 3. The zero-order valence-electron chi connectivity index (χ0n) is 12.3. The van der Waals surface area contributed by atoms with Crippen LogP contribution in [0.15, 0.2) is 5.10 Å². The number of amides is 2. The number of nitrogens with zero attached hydrogens (tertiary/aromatic N) is 2. The molecule has 1 spiro atoms. The number of likely N-dealkylation sites (tertiary alicyclic amines) is 1. The third-order valence-electron chi connectivity index (χ3n) is 3.50. The molecule has 2 aliphatic heterocycles. The summed E-state index contributed by atoms with van der Waals surface area (Å²) < 4.78 is 5.28. The molecule has 21 heavy (non-hydrogen) atoms. The van der Waals surface area contributed by atoms with Crippen LogP contribution in [0.5, 0.6) is 0 Å². The van der Waals surface area contributed by atoms with E-state index in [1.54, 1.807) is 20.8 Å². The number of carbonyl (C=O) groups excluding carboxylic acids is 2. The van der Waals surface area contributed by atoms with Crippen LogP contribution in [0, 0.1) is 5.41 Å². The number of carboxylic acid groups (broad SMARTS) is 1. The largest absolute Gasteiger partial charge is 0.477 e. The smallest absolute Gasteiger partial charge is 0.410 e. The lowest BCUT2D eigenvalue weighted by Crippen LogP contribution is -2.55. The Kier molecular flexibility index (Phi) is 3.65. The van der Waals surface area contributed by atoms with E-state index < -0.39 is 29.0 Å². The van der Waals surface area contributed by atoms with Crippen LogP contribution in [0.3, 0.4) is 0 Å². The lowest BCUT2D eigenvalue weighted by atomic mass is 9.75. The maximum absolute atomic E-state index is 12.1. The molecule has 116 valence electrons. The van der Waals surface area contributed by atoms with Crippen molar-refractivity contribution in [3.8, 4) is 0 Å². The highest BCUT2D eigenvalue weighted by Crippen LogP contribution is 2.35. The topological polar surface area (TPSA) is 108 Å². The van der Waals surface area contributed by atoms with Crippen molar-refractivity contribution >= 4 is 23.7 Å². The number of aliphatic carboxylic acids is 1. The molecule has 1 atom stereocenters. The first-order valence-corrected chi connectivity index (χ1v) is 6.75. The molecule has 0 bridgehead atoms. The monoisotopic (exact) mass is 297 g/mol. The van der Waals surface area contributed by atoms with E-state index in [2.05, 4.69) is 10.5 Å². The van der Waals surface area contributed by atoms with Gasteiger partial charge in [-0.2, -0.15) is 5.10 Å². The summed E-state index contributed by atoms with van der Waals surface area (Å²) in [5.41, 5.74) is 0.0470. The van der Waals surface area contributed by atoms with Gasteiger partial charge in [-0.1, -0.05) is 0 Å². The molecule has 2 aliphatic rings. The molecular formula is C13H19N3O5. The summed E-state index contributed by atoms with van der Waals surface area (Å²) in [5.74, 6) is -1.73. The quantitative estimate of drug-likeness (QED) is 0.735. The number of piperidine rings is 1. The lowest BCUT2D eigenvalue weighted by Gasteiger charge is -2.38. The molecular weight excluding hydrogens is 278 g/mol. The normalized spacial score (nSPS) is 25.6. The van der Waals surface area contributed by atoms with Gasteiger partial charge in [0.1, 0.15) is 11.0 Å². The fourth-order valence-electron chi connectivity index (χ4n) is 2.60. The Morgan fingerprint density at radius 2 is 2.10 bits per heavy atom. The van der Waals surface area contributed by atoms with Crippen LogP contribution in [-0.4, -0.2) is 52.4 Å². The number of rotatable bonds is 1. The van der Waals surface area contributed by atoms with E-state index >= 15 is 0 Å². The van der Waals surface area contributed by atoms with Crippen molar-refractivity contribution in [2.45, 2.75) is 39.2 Å². The maximum atomic E-state index is 12.1. The Balaban J connectivity index is 2.20. The minimum Gasteiger partial charge on any atom is -0.477 e. The zero-order valence-corrected chi connectivity index (χ0v) is 12.3. The van der Waals surface area contributed by atoms with Gasteiger partial charge in [0.15, 0.2) is 5.71 Å². The van der Waals surface area contributed by atoms with E-state index in [-0.39, 0.29) is 12.3 Å². The molecule has 2 rings (SSSR count). The van der Waals surface area contributed by atoms with Gasteiger partial charge in [-0.3, -0.25) is 4.79 Å². The molecule has 2 heterocycles. The fraction of sp³-hybridized carbons (Fsp3) is 0.692. The predicted octanol–water partition coefficient (Wildman–Crippen LogP) is 0.574. The molecule has 0 aliphatic carbocycles. The van der Waals surface area contributed by atoms with Gasteiger partial charge in [0.05, 0.1) is 0 Å². The molecule has 8 heteroatoms. The average Bonchev–Trinajstić information content (AvgIpc) is 2.65. The summed E-state index contributed by atoms with van der Waals surface area (Å²) >= 11 is 0. The van der Waals surface area contributed by atoms with Crippen molar-refractivity contribution in [1.29, 1.82) is 0 Å². The Bertz CT molecular complexity index is 522. The molecule has 0 radical (unpaired) electrons. The minimum atomic E-state index is -1.28. The van der Waals surface area contributed by atoms with Crippen molar-refractivity contribution in [2.75, 3.05) is 13.1 Å². The molecule has 0 saturated carbocycles. The second kappa shape index (κ2) is 5.01. The molecule has 8 nitrogen and oxygen atoms in total. The summed E-state index contributed by atoms with van der Waals surface area (Å²) in [6.45, 7) is 5.64. The number of nitrogens with one attached hydrogen (secondary N) is 1. The number of carboxylic acids is 1. The van der Waals surface area contributed by atoms with Gasteiger partial charge in [0.2, 0.25) is 0 Å². The van der Waals surface area contributed by atoms with Crippen molar-refractivity contribution in [2.24, 2.45) is 10.5 Å². The van der Waals surface area contributed by atoms with Gasteiger partial charge in [0.25, 0.3) is 5.91 Å². The third kappa shape index (κ3) is 2.84. The zero-order chi connectivity index (χ0) is 15.8. The Morgan fingerprint density at radius 3 is 2.67 bits per heavy atom. The van der Waals surface area contributed by atoms with Crippen LogP contribution < -0.4 is 5.43 Å². The van der Waals surface area contributed by atoms with Crippen LogP contribution in [0.2, 0.25) is 0 Å². The number of hydrogen-bond donors (Lipinski definition) is 2. The Morgan fingerprint density at radius 1 is 1.43 bits per heavy atom. The SMILES string of the molecule is CC(C)(C)OC(=O)N1CCCC2(C1)C(=O)NN=C2C(=O)O. The molecule has 0 aromatic carbocycles. The van der Waals surface area contributed by atoms with Crippen LogP contribution in [0.1, 0.15) is 33.6 Å². The average molecular weight is 297 g/mol. The maximum Gasteiger partial charge on any atom is 0.410 e. The van der Waals surface area contributed by atoms with Gasteiger partial charge in [-0.25, -0.2) is 15.0 Å². The highest BCUT2D eigenvalue weighted by molar-refractivity contribution is 6.43. The van der Waals surface area contributed by atoms with Gasteiger partial charge in [0, 0.05) is 13.1 Å². The predicted molar refractivity (Wildman–Crippen MR) is 72.7 cm³/mol. The van der Waals surface area contributed by atoms with E-state index in [0.717, 1.165) is 0 Å². The first kappa shape index (κ1) is 15.3. The Labute approximate surface area is 122 Å². The molecule has 1 unspecified atom stereocenters. The molecule has 2 N–H and O–H groups in total. The molecule has 1 fully saturated rings. The van der Waals surface area contributed by atoms with E-state index in [1.807, 2.05) is 0 Å². The molecule has 0 aromatic rings. The second-order valence-corrected chi connectivity index (χ2v) is 6.29. The van der Waals surface area contributed by atoms with Crippen LogP contribution in [-0.2, 0) is 14.3 Å². The van der Waals surface area contributed by atoms with E-state index in [0.29, 0.717) is 19.4 Å². The summed E-state index contributed by atoms with van der Waals surface area (Å²) in [4.78, 5) is 36.8. The molecule has 0 aromatic heterocycles. The lowest BCUT2D eigenvalue weighted by molar-refractivity contribution is -0.133. The third-order valence-corrected chi connectivity index (χ3v) is 3.50. The number of ether oxygens (including phenoxy) is 1. The first-order valence-electron chi connectivity index (χ1n) is 6.75. The fourth-order valence-corrected chi connectivity index (χ4v) is 2.60. The van der Waals surface area contributed by atoms with Crippen LogP contribution >= 0.6 is 0 Å². The second-order valence-electron chi connectivity index (χ2n) is 6.29. The first-order chi connectivity index (χ1) is 9.66. The van der Waals surface area contributed by atoms with Gasteiger partial charge in [-0.15, -0.1) is 0 Å². The molecule has 2 amide bonds. The van der Waals surface area contributed by atoms with Crippen LogP contribution in [0.25, 0.3) is 0 Å². The van der Waals surface area contributed by atoms with Crippen molar-refractivity contribution in [3.63, 3.8) is 0 Å². The summed E-state index contributed by atoms with van der Waals surface area (Å²) in [6.07, 6.45) is 0.313. The number of hydrazone groups is 1. The standard InChI is InChI=1S/C13H19N3O5/c1-12(2,3)21-11(20)16-6-4-5-13(7-16)8(9(17)18)14-15-10(13)19/h4-7H2,1-3H3,(H,15,19)(H,17,18). The Hall–Kier alpha value is -2.12. The summed E-state index contributed by atoms with van der Waals surface area (Å²) in [6, 6.07) is 0. The van der Waals surface area contributed by atoms with E-state index in [4.69, 9.17) is 4.74 Å². The van der Waals surface area contributed by atoms with Crippen molar-refractivity contribution in [1.82, 2.24) is 10.3 Å². The van der Waals surface area contributed by atoms with Gasteiger partial charge in [-0.05, 0) is 33.6 Å². The summed E-state index contributed by atoms with van der Waals surface area (Å²) in [5, 5.41) is 12.8. The van der Waals surface area contributed by atoms with Gasteiger partial charge < -0.3 is 14.7 Å².